The van der Waals surface area contributed by atoms with Crippen molar-refractivity contribution in [1.82, 2.24) is 5.16 Å². The number of aryl methyl sites for hydroxylation is 4. The quantitative estimate of drug-likeness (QED) is 0.676. The highest BCUT2D eigenvalue weighted by molar-refractivity contribution is 7.93. The first-order valence-electron chi connectivity index (χ1n) is 8.25. The van der Waals surface area contributed by atoms with Crippen molar-refractivity contribution in [3.8, 4) is 11.3 Å². The van der Waals surface area contributed by atoms with E-state index in [1.165, 1.54) is 11.3 Å². The van der Waals surface area contributed by atoms with Gasteiger partial charge in [-0.2, -0.15) is 0 Å². The van der Waals surface area contributed by atoms with Gasteiger partial charge < -0.3 is 4.52 Å². The molecule has 138 valence electrons. The monoisotopic (exact) mass is 390 g/mol. The van der Waals surface area contributed by atoms with Crippen LogP contribution in [0.25, 0.3) is 11.3 Å². The van der Waals surface area contributed by atoms with Crippen LogP contribution in [0.3, 0.4) is 0 Å². The average Bonchev–Trinajstić information content (AvgIpc) is 3.03. The molecule has 0 atom stereocenters. The van der Waals surface area contributed by atoms with Crippen molar-refractivity contribution >= 4 is 27.0 Å². The first-order chi connectivity index (χ1) is 12.1. The molecule has 2 aromatic heterocycles. The van der Waals surface area contributed by atoms with Crippen molar-refractivity contribution < 1.29 is 12.9 Å². The van der Waals surface area contributed by atoms with Crippen molar-refractivity contribution in [2.45, 2.75) is 46.4 Å². The predicted molar refractivity (Wildman–Crippen MR) is 105 cm³/mol. The SMILES string of the molecule is Cc1cccc(NS(=O)(=O)c2c(C)sc(C)c2-c2onc(C)c2C)c1C. The smallest absolute Gasteiger partial charge is 0.263 e. The molecule has 2 heterocycles. The van der Waals surface area contributed by atoms with Crippen LogP contribution in [0.2, 0.25) is 0 Å². The fraction of sp³-hybridized carbons (Fsp3) is 0.316. The molecule has 0 aliphatic heterocycles. The minimum atomic E-state index is -3.78. The van der Waals surface area contributed by atoms with Crippen molar-refractivity contribution in [3.63, 3.8) is 0 Å². The molecule has 0 unspecified atom stereocenters. The Balaban J connectivity index is 2.17. The highest BCUT2D eigenvalue weighted by Gasteiger charge is 2.30. The second-order valence-corrected chi connectivity index (χ2v) is 9.54. The second-order valence-electron chi connectivity index (χ2n) is 6.49. The van der Waals surface area contributed by atoms with E-state index < -0.39 is 10.0 Å². The number of hydrogen-bond acceptors (Lipinski definition) is 5. The topological polar surface area (TPSA) is 72.2 Å². The number of rotatable bonds is 4. The van der Waals surface area contributed by atoms with Crippen molar-refractivity contribution in [3.05, 3.63) is 50.3 Å². The molecule has 0 aliphatic carbocycles. The Hall–Kier alpha value is -2.12. The molecule has 0 amide bonds. The Kier molecular flexibility index (Phi) is 4.71. The summed E-state index contributed by atoms with van der Waals surface area (Å²) in [4.78, 5) is 1.88. The highest BCUT2D eigenvalue weighted by atomic mass is 32.2. The van der Waals surface area contributed by atoms with Crippen molar-refractivity contribution in [2.24, 2.45) is 0 Å². The molecule has 5 nitrogen and oxygen atoms in total. The summed E-state index contributed by atoms with van der Waals surface area (Å²) in [5.41, 5.74) is 4.75. The standard InChI is InChI=1S/C19H22N2O3S2/c1-10-8-7-9-16(11(10)2)21-26(22,23)19-15(6)25-14(5)17(19)18-12(3)13(4)20-24-18/h7-9,21H,1-6H3. The molecule has 0 saturated heterocycles. The van der Waals surface area contributed by atoms with Gasteiger partial charge in [0.2, 0.25) is 0 Å². The summed E-state index contributed by atoms with van der Waals surface area (Å²) in [6, 6.07) is 5.58. The molecule has 0 bridgehead atoms. The van der Waals surface area contributed by atoms with Gasteiger partial charge >= 0.3 is 0 Å². The van der Waals surface area contributed by atoms with Gasteiger partial charge in [-0.1, -0.05) is 17.3 Å². The van der Waals surface area contributed by atoms with Crippen LogP contribution < -0.4 is 4.72 Å². The molecule has 0 radical (unpaired) electrons. The lowest BCUT2D eigenvalue weighted by atomic mass is 10.1. The van der Waals surface area contributed by atoms with Crippen LogP contribution in [0.15, 0.2) is 27.6 Å². The predicted octanol–water partition coefficient (Wildman–Crippen LogP) is 5.05. The summed E-state index contributed by atoms with van der Waals surface area (Å²) in [6.45, 7) is 11.3. The summed E-state index contributed by atoms with van der Waals surface area (Å²) < 4.78 is 34.7. The maximum atomic E-state index is 13.2. The normalized spacial score (nSPS) is 11.8. The summed E-state index contributed by atoms with van der Waals surface area (Å²) >= 11 is 1.45. The lowest BCUT2D eigenvalue weighted by Gasteiger charge is -2.13. The van der Waals surface area contributed by atoms with Crippen LogP contribution in [-0.2, 0) is 10.0 Å². The van der Waals surface area contributed by atoms with Crippen LogP contribution in [0.5, 0.6) is 0 Å². The van der Waals surface area contributed by atoms with Crippen molar-refractivity contribution in [2.75, 3.05) is 4.72 Å². The number of benzene rings is 1. The molecule has 0 aliphatic rings. The van der Waals surface area contributed by atoms with Crippen LogP contribution in [-0.4, -0.2) is 13.6 Å². The number of nitrogens with zero attached hydrogens (tertiary/aromatic N) is 1. The Morgan fingerprint density at radius 1 is 1.00 bits per heavy atom. The molecular weight excluding hydrogens is 368 g/mol. The molecule has 26 heavy (non-hydrogen) atoms. The Morgan fingerprint density at radius 3 is 2.31 bits per heavy atom. The highest BCUT2D eigenvalue weighted by Crippen LogP contribution is 2.41. The minimum absolute atomic E-state index is 0.264. The summed E-state index contributed by atoms with van der Waals surface area (Å²) in [5.74, 6) is 0.519. The maximum absolute atomic E-state index is 13.2. The average molecular weight is 391 g/mol. The first kappa shape index (κ1) is 18.7. The minimum Gasteiger partial charge on any atom is -0.356 e. The van der Waals surface area contributed by atoms with E-state index in [0.717, 1.165) is 32.1 Å². The fourth-order valence-corrected chi connectivity index (χ4v) is 5.93. The molecule has 0 spiro atoms. The van der Waals surface area contributed by atoms with E-state index in [4.69, 9.17) is 4.52 Å². The van der Waals surface area contributed by atoms with E-state index in [1.54, 1.807) is 6.07 Å². The van der Waals surface area contributed by atoms with E-state index in [2.05, 4.69) is 9.88 Å². The lowest BCUT2D eigenvalue weighted by molar-refractivity contribution is 0.426. The molecular formula is C19H22N2O3S2. The first-order valence-corrected chi connectivity index (χ1v) is 10.6. The van der Waals surface area contributed by atoms with E-state index in [-0.39, 0.29) is 4.90 Å². The zero-order chi connectivity index (χ0) is 19.2. The number of thiophene rings is 1. The van der Waals surface area contributed by atoms with Gasteiger partial charge in [0.25, 0.3) is 10.0 Å². The molecule has 1 N–H and O–H groups in total. The molecule has 1 aromatic carbocycles. The van der Waals surface area contributed by atoms with Gasteiger partial charge in [-0.3, -0.25) is 4.72 Å². The zero-order valence-corrected chi connectivity index (χ0v) is 17.4. The third kappa shape index (κ3) is 3.05. The van der Waals surface area contributed by atoms with Gasteiger partial charge in [0, 0.05) is 15.3 Å². The van der Waals surface area contributed by atoms with Gasteiger partial charge in [-0.05, 0) is 58.7 Å². The molecule has 3 aromatic rings. The Labute approximate surface area is 158 Å². The molecule has 3 rings (SSSR count). The third-order valence-electron chi connectivity index (χ3n) is 4.71. The maximum Gasteiger partial charge on any atom is 0.263 e. The summed E-state index contributed by atoms with van der Waals surface area (Å²) in [5, 5.41) is 3.99. The molecule has 0 fully saturated rings. The number of nitrogens with one attached hydrogen (secondary N) is 1. The zero-order valence-electron chi connectivity index (χ0n) is 15.7. The number of sulfonamides is 1. The summed E-state index contributed by atoms with van der Waals surface area (Å²) in [7, 11) is -3.78. The Bertz CT molecular complexity index is 1090. The largest absolute Gasteiger partial charge is 0.356 e. The summed E-state index contributed by atoms with van der Waals surface area (Å²) in [6.07, 6.45) is 0. The van der Waals surface area contributed by atoms with E-state index in [9.17, 15) is 8.42 Å². The van der Waals surface area contributed by atoms with Gasteiger partial charge in [0.15, 0.2) is 5.76 Å². The van der Waals surface area contributed by atoms with Crippen LogP contribution in [0.4, 0.5) is 5.69 Å². The lowest BCUT2D eigenvalue weighted by Crippen LogP contribution is -2.15. The fourth-order valence-electron chi connectivity index (χ4n) is 2.96. The number of hydrogen-bond donors (Lipinski definition) is 1. The van der Waals surface area contributed by atoms with E-state index in [1.807, 2.05) is 53.7 Å². The van der Waals surface area contributed by atoms with Crippen LogP contribution in [0, 0.1) is 41.5 Å². The molecule has 7 heteroatoms. The van der Waals surface area contributed by atoms with Gasteiger partial charge in [0.1, 0.15) is 4.90 Å². The molecule has 0 saturated carbocycles. The van der Waals surface area contributed by atoms with Gasteiger partial charge in [0.05, 0.1) is 16.9 Å². The van der Waals surface area contributed by atoms with Gasteiger partial charge in [-0.25, -0.2) is 8.42 Å². The van der Waals surface area contributed by atoms with Gasteiger partial charge in [-0.15, -0.1) is 11.3 Å². The van der Waals surface area contributed by atoms with Crippen LogP contribution >= 0.6 is 11.3 Å². The second kappa shape index (κ2) is 6.55. The van der Waals surface area contributed by atoms with E-state index in [0.29, 0.717) is 17.0 Å². The number of anilines is 1. The van der Waals surface area contributed by atoms with Crippen molar-refractivity contribution in [1.29, 1.82) is 0 Å². The third-order valence-corrected chi connectivity index (χ3v) is 7.39. The number of aromatic nitrogens is 1. The van der Waals surface area contributed by atoms with Crippen LogP contribution in [0.1, 0.15) is 32.1 Å². The van der Waals surface area contributed by atoms with E-state index >= 15 is 0 Å². The Morgan fingerprint density at radius 2 is 1.69 bits per heavy atom.